The molecule has 7 rings (SSSR count). The van der Waals surface area contributed by atoms with E-state index in [1.54, 1.807) is 18.2 Å². The van der Waals surface area contributed by atoms with Crippen molar-refractivity contribution in [3.63, 3.8) is 0 Å². The van der Waals surface area contributed by atoms with Crippen molar-refractivity contribution in [1.29, 1.82) is 0 Å². The van der Waals surface area contributed by atoms with Gasteiger partial charge in [0.1, 0.15) is 22.7 Å². The van der Waals surface area contributed by atoms with Crippen molar-refractivity contribution in [2.45, 2.75) is 19.8 Å². The van der Waals surface area contributed by atoms with E-state index in [1.165, 1.54) is 5.56 Å². The first-order valence-corrected chi connectivity index (χ1v) is 15.4. The summed E-state index contributed by atoms with van der Waals surface area (Å²) in [5, 5.41) is 8.36. The van der Waals surface area contributed by atoms with Gasteiger partial charge in [0.2, 0.25) is 0 Å². The van der Waals surface area contributed by atoms with Gasteiger partial charge in [0.25, 0.3) is 11.6 Å². The minimum atomic E-state index is -0.0693. The summed E-state index contributed by atoms with van der Waals surface area (Å²) < 4.78 is 5.90. The maximum Gasteiger partial charge on any atom is 0.263 e. The molecule has 1 aliphatic rings. The van der Waals surface area contributed by atoms with E-state index in [-0.39, 0.29) is 5.91 Å². The Kier molecular flexibility index (Phi) is 7.66. The lowest BCUT2D eigenvalue weighted by molar-refractivity contribution is 0.0767. The first kappa shape index (κ1) is 28.3. The summed E-state index contributed by atoms with van der Waals surface area (Å²) in [5.74, 6) is 1.36. The second-order valence-corrected chi connectivity index (χ2v) is 12.0. The molecule has 3 heterocycles. The van der Waals surface area contributed by atoms with Crippen LogP contribution in [0.1, 0.15) is 33.7 Å². The Labute approximate surface area is 265 Å². The van der Waals surface area contributed by atoms with Gasteiger partial charge in [0.15, 0.2) is 0 Å². The van der Waals surface area contributed by atoms with Gasteiger partial charge in [-0.1, -0.05) is 94.6 Å². The van der Waals surface area contributed by atoms with Crippen molar-refractivity contribution in [1.82, 2.24) is 20.0 Å². The highest BCUT2D eigenvalue weighted by Crippen LogP contribution is 2.36. The van der Waals surface area contributed by atoms with Gasteiger partial charge in [0, 0.05) is 43.7 Å². The molecular formula is C35H29Cl2N5O2. The molecule has 0 N–H and O–H groups in total. The summed E-state index contributed by atoms with van der Waals surface area (Å²) in [7, 11) is 0. The van der Waals surface area contributed by atoms with E-state index in [2.05, 4.69) is 71.6 Å². The summed E-state index contributed by atoms with van der Waals surface area (Å²) in [6, 6.07) is 27.9. The number of carbonyl (C=O) groups excluding carboxylic acids is 1. The number of anilines is 1. The molecule has 0 unspecified atom stereocenters. The number of aryl methyl sites for hydroxylation is 1. The normalized spacial score (nSPS) is 13.9. The van der Waals surface area contributed by atoms with Gasteiger partial charge >= 0.3 is 0 Å². The average Bonchev–Trinajstić information content (AvgIpc) is 3.31. The maximum atomic E-state index is 13.4. The van der Waals surface area contributed by atoms with Crippen LogP contribution in [0.3, 0.4) is 0 Å². The summed E-state index contributed by atoms with van der Waals surface area (Å²) in [5.41, 5.74) is 4.93. The predicted octanol–water partition coefficient (Wildman–Crippen LogP) is 8.00. The van der Waals surface area contributed by atoms with Gasteiger partial charge in [-0.05, 0) is 53.9 Å². The molecule has 9 heteroatoms. The van der Waals surface area contributed by atoms with Crippen molar-refractivity contribution >= 4 is 56.8 Å². The number of hydrogen-bond acceptors (Lipinski definition) is 6. The number of hydrogen-bond donors (Lipinski definition) is 0. The second-order valence-electron chi connectivity index (χ2n) is 11.2. The van der Waals surface area contributed by atoms with E-state index >= 15 is 0 Å². The Bertz CT molecular complexity index is 2010. The standard InChI is InChI=1S/C35H29Cl2N5O2/c1-22-7-9-23(10-8-22)19-30-38-33(41-15-4-16-42(18-17-41)35(43)27-13-14-28(36)29(37)21-27)31-32(40-44-34(31)39-30)26-12-11-24-5-2-3-6-25(24)20-26/h2-3,5-14,20-21H,4,15-19H2,1H3. The molecule has 0 atom stereocenters. The maximum absolute atomic E-state index is 13.4. The Balaban J connectivity index is 1.26. The fraction of sp³-hybridized carbons (Fsp3) is 0.200. The van der Waals surface area contributed by atoms with E-state index in [0.717, 1.165) is 39.5 Å². The molecule has 0 aliphatic carbocycles. The number of carbonyl (C=O) groups is 1. The summed E-state index contributed by atoms with van der Waals surface area (Å²) >= 11 is 12.3. The van der Waals surface area contributed by atoms with Crippen LogP contribution in [0.4, 0.5) is 5.82 Å². The van der Waals surface area contributed by atoms with E-state index in [0.29, 0.717) is 65.4 Å². The molecule has 1 amide bonds. The third-order valence-electron chi connectivity index (χ3n) is 8.12. The molecule has 0 saturated carbocycles. The highest BCUT2D eigenvalue weighted by molar-refractivity contribution is 6.42. The highest BCUT2D eigenvalue weighted by Gasteiger charge is 2.26. The Hall–Kier alpha value is -4.46. The van der Waals surface area contributed by atoms with Gasteiger partial charge in [-0.25, -0.2) is 4.98 Å². The van der Waals surface area contributed by atoms with Crippen LogP contribution in [0.15, 0.2) is 89.5 Å². The molecule has 1 aliphatic heterocycles. The summed E-state index contributed by atoms with van der Waals surface area (Å²) in [4.78, 5) is 27.5. The molecule has 6 aromatic rings. The molecule has 0 radical (unpaired) electrons. The zero-order valence-corrected chi connectivity index (χ0v) is 25.6. The van der Waals surface area contributed by atoms with Crippen LogP contribution in [0, 0.1) is 6.92 Å². The van der Waals surface area contributed by atoms with E-state index in [1.807, 2.05) is 17.0 Å². The van der Waals surface area contributed by atoms with Crippen LogP contribution in [-0.2, 0) is 6.42 Å². The van der Waals surface area contributed by atoms with E-state index < -0.39 is 0 Å². The molecule has 220 valence electrons. The minimum Gasteiger partial charge on any atom is -0.354 e. The van der Waals surface area contributed by atoms with E-state index in [9.17, 15) is 4.79 Å². The van der Waals surface area contributed by atoms with Crippen molar-refractivity contribution in [3.8, 4) is 11.3 Å². The zero-order valence-electron chi connectivity index (χ0n) is 24.1. The second kappa shape index (κ2) is 11.9. The Morgan fingerprint density at radius 2 is 1.66 bits per heavy atom. The van der Waals surface area contributed by atoms with Crippen LogP contribution in [0.25, 0.3) is 33.1 Å². The SMILES string of the molecule is Cc1ccc(Cc2nc(N3CCCN(C(=O)c4ccc(Cl)c(Cl)c4)CC3)c3c(-c4ccc5ccccc5c4)noc3n2)cc1. The Morgan fingerprint density at radius 3 is 2.48 bits per heavy atom. The molecule has 0 spiro atoms. The van der Waals surface area contributed by atoms with Gasteiger partial charge in [0.05, 0.1) is 10.0 Å². The van der Waals surface area contributed by atoms with Crippen LogP contribution < -0.4 is 4.90 Å². The molecule has 0 bridgehead atoms. The third-order valence-corrected chi connectivity index (χ3v) is 8.86. The monoisotopic (exact) mass is 621 g/mol. The fourth-order valence-electron chi connectivity index (χ4n) is 5.75. The molecule has 2 aromatic heterocycles. The number of halogens is 2. The average molecular weight is 623 g/mol. The lowest BCUT2D eigenvalue weighted by atomic mass is 10.0. The first-order valence-electron chi connectivity index (χ1n) is 14.6. The molecule has 1 saturated heterocycles. The molecule has 1 fully saturated rings. The van der Waals surface area contributed by atoms with Crippen LogP contribution >= 0.6 is 23.2 Å². The van der Waals surface area contributed by atoms with Crippen molar-refractivity contribution in [2.75, 3.05) is 31.1 Å². The van der Waals surface area contributed by atoms with Crippen molar-refractivity contribution < 1.29 is 9.32 Å². The lowest BCUT2D eigenvalue weighted by Crippen LogP contribution is -2.35. The summed E-state index contributed by atoms with van der Waals surface area (Å²) in [6.07, 6.45) is 1.33. The molecule has 44 heavy (non-hydrogen) atoms. The van der Waals surface area contributed by atoms with Crippen LogP contribution in [-0.4, -0.2) is 52.1 Å². The van der Waals surface area contributed by atoms with Gasteiger partial charge < -0.3 is 14.3 Å². The number of fused-ring (bicyclic) bond motifs is 2. The third kappa shape index (κ3) is 5.61. The lowest BCUT2D eigenvalue weighted by Gasteiger charge is -2.24. The topological polar surface area (TPSA) is 75.4 Å². The molecule has 7 nitrogen and oxygen atoms in total. The van der Waals surface area contributed by atoms with Gasteiger partial charge in [-0.15, -0.1) is 0 Å². The summed E-state index contributed by atoms with van der Waals surface area (Å²) in [6.45, 7) is 4.51. The fourth-order valence-corrected chi connectivity index (χ4v) is 6.05. The largest absolute Gasteiger partial charge is 0.354 e. The molecule has 4 aromatic carbocycles. The Morgan fingerprint density at radius 1 is 0.841 bits per heavy atom. The first-order chi connectivity index (χ1) is 21.4. The quantitative estimate of drug-likeness (QED) is 0.194. The number of benzene rings is 4. The van der Waals surface area contributed by atoms with Gasteiger partial charge in [-0.2, -0.15) is 4.98 Å². The number of aromatic nitrogens is 3. The number of rotatable bonds is 5. The minimum absolute atomic E-state index is 0.0693. The highest BCUT2D eigenvalue weighted by atomic mass is 35.5. The molecular weight excluding hydrogens is 593 g/mol. The van der Waals surface area contributed by atoms with Crippen molar-refractivity contribution in [3.05, 3.63) is 117 Å². The van der Waals surface area contributed by atoms with Crippen LogP contribution in [0.2, 0.25) is 10.0 Å². The zero-order chi connectivity index (χ0) is 30.2. The van der Waals surface area contributed by atoms with Crippen LogP contribution in [0.5, 0.6) is 0 Å². The van der Waals surface area contributed by atoms with Crippen molar-refractivity contribution in [2.24, 2.45) is 0 Å². The predicted molar refractivity (Wildman–Crippen MR) is 176 cm³/mol. The number of amides is 1. The van der Waals surface area contributed by atoms with E-state index in [4.69, 9.17) is 37.7 Å². The smallest absolute Gasteiger partial charge is 0.263 e. The number of nitrogens with zero attached hydrogens (tertiary/aromatic N) is 5. The van der Waals surface area contributed by atoms with Gasteiger partial charge in [-0.3, -0.25) is 4.79 Å².